The van der Waals surface area contributed by atoms with Crippen molar-refractivity contribution < 1.29 is 4.74 Å². The van der Waals surface area contributed by atoms with Crippen molar-refractivity contribution in [2.75, 3.05) is 20.2 Å². The van der Waals surface area contributed by atoms with Gasteiger partial charge in [-0.05, 0) is 44.7 Å². The van der Waals surface area contributed by atoms with E-state index in [1.165, 1.54) is 32.1 Å². The lowest BCUT2D eigenvalue weighted by atomic mass is 9.55. The molecule has 7 nitrogen and oxygen atoms in total. The third-order valence-corrected chi connectivity index (χ3v) is 6.73. The molecular weight excluding hydrogens is 491 g/mol. The molecule has 2 aromatic heterocycles. The molecule has 1 spiro atoms. The standard InChI is InChI=1S/C22H34N6O.HI/c1-3-29-18-16-17(22(18)12-6-4-7-13-22)25-21(23-2)24-14-9-11-20-27-26-19-10-5-8-15-28(19)20;/h5,8,10,15,17-18H,3-4,6-7,9,11-14,16H2,1-2H3,(H2,23,24,25);1H. The molecule has 8 heteroatoms. The van der Waals surface area contributed by atoms with Crippen LogP contribution in [0.25, 0.3) is 5.65 Å². The summed E-state index contributed by atoms with van der Waals surface area (Å²) in [6.07, 6.45) is 11.9. The number of nitrogens with zero attached hydrogens (tertiary/aromatic N) is 4. The van der Waals surface area contributed by atoms with Gasteiger partial charge in [0.05, 0.1) is 6.10 Å². The number of ether oxygens (including phenoxy) is 1. The van der Waals surface area contributed by atoms with Crippen molar-refractivity contribution in [3.8, 4) is 0 Å². The number of aromatic nitrogens is 3. The van der Waals surface area contributed by atoms with Crippen molar-refractivity contribution in [1.29, 1.82) is 0 Å². The Bertz CT molecular complexity index is 832. The molecule has 30 heavy (non-hydrogen) atoms. The zero-order valence-corrected chi connectivity index (χ0v) is 20.5. The van der Waals surface area contributed by atoms with Crippen LogP contribution < -0.4 is 10.6 Å². The van der Waals surface area contributed by atoms with E-state index in [4.69, 9.17) is 4.74 Å². The molecule has 0 radical (unpaired) electrons. The van der Waals surface area contributed by atoms with Crippen molar-refractivity contribution in [2.24, 2.45) is 10.4 Å². The molecule has 2 N–H and O–H groups in total. The number of nitrogens with one attached hydrogen (secondary N) is 2. The van der Waals surface area contributed by atoms with Crippen LogP contribution in [0.5, 0.6) is 0 Å². The molecule has 0 bridgehead atoms. The second-order valence-electron chi connectivity index (χ2n) is 8.32. The fraction of sp³-hybridized carbons (Fsp3) is 0.682. The van der Waals surface area contributed by atoms with Crippen LogP contribution in [0.15, 0.2) is 29.4 Å². The van der Waals surface area contributed by atoms with Gasteiger partial charge in [0.2, 0.25) is 0 Å². The Morgan fingerprint density at radius 1 is 1.27 bits per heavy atom. The molecular formula is C22H35IN6O. The first-order valence-electron chi connectivity index (χ1n) is 11.1. The number of guanidine groups is 1. The van der Waals surface area contributed by atoms with Gasteiger partial charge in [-0.25, -0.2) is 0 Å². The van der Waals surface area contributed by atoms with Gasteiger partial charge in [0, 0.05) is 44.3 Å². The quantitative estimate of drug-likeness (QED) is 0.250. The maximum atomic E-state index is 6.08. The summed E-state index contributed by atoms with van der Waals surface area (Å²) in [4.78, 5) is 4.46. The highest BCUT2D eigenvalue weighted by Gasteiger charge is 2.55. The number of hydrogen-bond acceptors (Lipinski definition) is 4. The molecule has 2 atom stereocenters. The minimum atomic E-state index is 0. The lowest BCUT2D eigenvalue weighted by Crippen LogP contribution is -2.66. The first-order chi connectivity index (χ1) is 14.3. The Hall–Kier alpha value is -1.42. The van der Waals surface area contributed by atoms with E-state index in [1.54, 1.807) is 0 Å². The molecule has 2 aliphatic carbocycles. The van der Waals surface area contributed by atoms with Gasteiger partial charge in [0.1, 0.15) is 5.82 Å². The van der Waals surface area contributed by atoms with Crippen LogP contribution in [0, 0.1) is 5.41 Å². The third kappa shape index (κ3) is 4.74. The lowest BCUT2D eigenvalue weighted by Gasteiger charge is -2.57. The molecule has 2 aromatic rings. The maximum absolute atomic E-state index is 6.08. The summed E-state index contributed by atoms with van der Waals surface area (Å²) in [6.45, 7) is 3.77. The second-order valence-corrected chi connectivity index (χ2v) is 8.32. The van der Waals surface area contributed by atoms with Gasteiger partial charge in [-0.2, -0.15) is 0 Å². The molecule has 0 amide bonds. The molecule has 2 heterocycles. The van der Waals surface area contributed by atoms with Crippen LogP contribution >= 0.6 is 24.0 Å². The molecule has 0 aliphatic heterocycles. The van der Waals surface area contributed by atoms with Crippen LogP contribution in [-0.2, 0) is 11.2 Å². The molecule has 2 saturated carbocycles. The Morgan fingerprint density at radius 2 is 2.10 bits per heavy atom. The summed E-state index contributed by atoms with van der Waals surface area (Å²) in [5.74, 6) is 1.91. The number of aliphatic imine (C=N–C) groups is 1. The first kappa shape index (κ1) is 23.2. The number of aryl methyl sites for hydroxylation is 1. The van der Waals surface area contributed by atoms with Crippen LogP contribution in [-0.4, -0.2) is 52.9 Å². The van der Waals surface area contributed by atoms with Crippen molar-refractivity contribution in [3.05, 3.63) is 30.2 Å². The number of hydrogen-bond donors (Lipinski definition) is 2. The molecule has 166 valence electrons. The molecule has 0 saturated heterocycles. The van der Waals surface area contributed by atoms with E-state index in [-0.39, 0.29) is 24.0 Å². The summed E-state index contributed by atoms with van der Waals surface area (Å²) in [6, 6.07) is 6.45. The molecule has 2 aliphatic rings. The SMILES string of the molecule is CCOC1CC(NC(=NC)NCCCc2nnc3ccccn23)C12CCCCC2.I. The van der Waals surface area contributed by atoms with Gasteiger partial charge in [-0.1, -0.05) is 25.3 Å². The van der Waals surface area contributed by atoms with E-state index in [2.05, 4.69) is 37.1 Å². The molecule has 4 rings (SSSR count). The topological polar surface area (TPSA) is 75.8 Å². The highest BCUT2D eigenvalue weighted by Crippen LogP contribution is 2.53. The predicted molar refractivity (Wildman–Crippen MR) is 131 cm³/mol. The molecule has 0 aromatic carbocycles. The van der Waals surface area contributed by atoms with Gasteiger partial charge in [0.15, 0.2) is 11.6 Å². The van der Waals surface area contributed by atoms with Gasteiger partial charge in [-0.3, -0.25) is 9.39 Å². The third-order valence-electron chi connectivity index (χ3n) is 6.73. The highest BCUT2D eigenvalue weighted by atomic mass is 127. The van der Waals surface area contributed by atoms with Crippen LogP contribution in [0.3, 0.4) is 0 Å². The van der Waals surface area contributed by atoms with Crippen molar-refractivity contribution in [3.63, 3.8) is 0 Å². The monoisotopic (exact) mass is 526 g/mol. The van der Waals surface area contributed by atoms with Crippen LogP contribution in [0.4, 0.5) is 0 Å². The Morgan fingerprint density at radius 3 is 2.87 bits per heavy atom. The Labute approximate surface area is 196 Å². The lowest BCUT2D eigenvalue weighted by molar-refractivity contribution is -0.145. The molecule has 2 unspecified atom stereocenters. The van der Waals surface area contributed by atoms with E-state index >= 15 is 0 Å². The van der Waals surface area contributed by atoms with Crippen LogP contribution in [0.1, 0.15) is 57.7 Å². The second kappa shape index (κ2) is 10.7. The summed E-state index contributed by atoms with van der Waals surface area (Å²) in [7, 11) is 1.85. The fourth-order valence-corrected chi connectivity index (χ4v) is 5.14. The largest absolute Gasteiger partial charge is 0.378 e. The number of pyridine rings is 1. The average molecular weight is 526 g/mol. The summed E-state index contributed by atoms with van der Waals surface area (Å²) >= 11 is 0. The minimum absolute atomic E-state index is 0. The fourth-order valence-electron chi connectivity index (χ4n) is 5.14. The summed E-state index contributed by atoms with van der Waals surface area (Å²) < 4.78 is 8.13. The van der Waals surface area contributed by atoms with E-state index < -0.39 is 0 Å². The van der Waals surface area contributed by atoms with Gasteiger partial charge >= 0.3 is 0 Å². The average Bonchev–Trinajstić information content (AvgIpc) is 3.18. The zero-order valence-electron chi connectivity index (χ0n) is 18.1. The van der Waals surface area contributed by atoms with Crippen molar-refractivity contribution in [1.82, 2.24) is 25.2 Å². The summed E-state index contributed by atoms with van der Waals surface area (Å²) in [5, 5.41) is 15.7. The van der Waals surface area contributed by atoms with E-state index in [9.17, 15) is 0 Å². The smallest absolute Gasteiger partial charge is 0.191 e. The number of fused-ring (bicyclic) bond motifs is 1. The number of halogens is 1. The van der Waals surface area contributed by atoms with Crippen LogP contribution in [0.2, 0.25) is 0 Å². The minimum Gasteiger partial charge on any atom is -0.378 e. The zero-order chi connectivity index (χ0) is 20.1. The van der Waals surface area contributed by atoms with E-state index in [0.29, 0.717) is 17.6 Å². The van der Waals surface area contributed by atoms with Crippen molar-refractivity contribution in [2.45, 2.75) is 70.4 Å². The van der Waals surface area contributed by atoms with Gasteiger partial charge in [0.25, 0.3) is 0 Å². The molecule has 2 fully saturated rings. The summed E-state index contributed by atoms with van der Waals surface area (Å²) in [5.41, 5.74) is 1.20. The normalized spacial score (nSPS) is 23.1. The van der Waals surface area contributed by atoms with Gasteiger partial charge < -0.3 is 15.4 Å². The predicted octanol–water partition coefficient (Wildman–Crippen LogP) is 3.57. The van der Waals surface area contributed by atoms with Gasteiger partial charge in [-0.15, -0.1) is 34.2 Å². The highest BCUT2D eigenvalue weighted by molar-refractivity contribution is 14.0. The van der Waals surface area contributed by atoms with Crippen molar-refractivity contribution >= 4 is 35.6 Å². The van der Waals surface area contributed by atoms with E-state index in [1.807, 2.05) is 31.4 Å². The Kier molecular flexibility index (Phi) is 8.33. The maximum Gasteiger partial charge on any atom is 0.191 e. The first-order valence-corrected chi connectivity index (χ1v) is 11.1. The van der Waals surface area contributed by atoms with E-state index in [0.717, 1.165) is 49.8 Å². The number of rotatable bonds is 7. The Balaban J connectivity index is 0.00000256.